The second-order valence-corrected chi connectivity index (χ2v) is 5.54. The van der Waals surface area contributed by atoms with Crippen LogP contribution >= 0.6 is 11.8 Å². The first-order valence-electron chi connectivity index (χ1n) is 5.95. The number of amides is 1. The van der Waals surface area contributed by atoms with Crippen molar-refractivity contribution < 1.29 is 4.79 Å². The Hall–Kier alpha value is -1.08. The summed E-state index contributed by atoms with van der Waals surface area (Å²) in [5, 5.41) is 11.7. The number of thioether (sulfide) groups is 1. The topological polar surface area (TPSA) is 85.8 Å². The normalized spacial score (nSPS) is 14.4. The standard InChI is InChI=1S/C11H21N5OS/c1-11(13-2,9(12)17)6-4-5-7-18-10-15-14-8-16(10)3/h8,13H,4-7H2,1-3H3,(H2,12,17). The molecule has 1 aromatic heterocycles. The Bertz CT molecular complexity index is 395. The molecule has 0 spiro atoms. The summed E-state index contributed by atoms with van der Waals surface area (Å²) in [5.41, 5.74) is 4.76. The van der Waals surface area contributed by atoms with Gasteiger partial charge in [-0.15, -0.1) is 10.2 Å². The number of hydrogen-bond donors (Lipinski definition) is 2. The number of primary amides is 1. The average Bonchev–Trinajstić information content (AvgIpc) is 2.74. The summed E-state index contributed by atoms with van der Waals surface area (Å²) in [6, 6.07) is 0. The minimum atomic E-state index is -0.602. The molecule has 1 atom stereocenters. The largest absolute Gasteiger partial charge is 0.368 e. The van der Waals surface area contributed by atoms with Crippen LogP contribution in [-0.2, 0) is 11.8 Å². The fourth-order valence-electron chi connectivity index (χ4n) is 1.52. The van der Waals surface area contributed by atoms with Crippen LogP contribution < -0.4 is 11.1 Å². The molecule has 0 aliphatic heterocycles. The molecule has 6 nitrogen and oxygen atoms in total. The van der Waals surface area contributed by atoms with Gasteiger partial charge in [0.25, 0.3) is 0 Å². The predicted molar refractivity (Wildman–Crippen MR) is 72.2 cm³/mol. The summed E-state index contributed by atoms with van der Waals surface area (Å²) in [6.07, 6.45) is 4.40. The smallest absolute Gasteiger partial charge is 0.237 e. The lowest BCUT2D eigenvalue weighted by Crippen LogP contribution is -2.51. The number of nitrogens with one attached hydrogen (secondary N) is 1. The van der Waals surface area contributed by atoms with Crippen LogP contribution in [0.15, 0.2) is 11.5 Å². The van der Waals surface area contributed by atoms with Gasteiger partial charge < -0.3 is 15.6 Å². The summed E-state index contributed by atoms with van der Waals surface area (Å²) in [5.74, 6) is 0.663. The number of hydrogen-bond acceptors (Lipinski definition) is 5. The van der Waals surface area contributed by atoms with Gasteiger partial charge in [-0.05, 0) is 26.8 Å². The van der Waals surface area contributed by atoms with Gasteiger partial charge in [0, 0.05) is 12.8 Å². The Morgan fingerprint density at radius 1 is 1.61 bits per heavy atom. The van der Waals surface area contributed by atoms with Crippen LogP contribution in [0.4, 0.5) is 0 Å². The van der Waals surface area contributed by atoms with E-state index in [0.717, 1.165) is 30.2 Å². The molecule has 0 radical (unpaired) electrons. The number of unbranched alkanes of at least 4 members (excludes halogenated alkanes) is 1. The predicted octanol–water partition coefficient (Wildman–Crippen LogP) is 0.541. The fraction of sp³-hybridized carbons (Fsp3) is 0.727. The highest BCUT2D eigenvalue weighted by atomic mass is 32.2. The molecule has 3 N–H and O–H groups in total. The SMILES string of the molecule is CNC(C)(CCCCSc1nncn1C)C(N)=O. The van der Waals surface area contributed by atoms with Crippen LogP contribution in [0.5, 0.6) is 0 Å². The van der Waals surface area contributed by atoms with Crippen molar-refractivity contribution in [1.82, 2.24) is 20.1 Å². The Morgan fingerprint density at radius 2 is 2.33 bits per heavy atom. The molecule has 7 heteroatoms. The third-order valence-corrected chi connectivity index (χ3v) is 4.19. The molecule has 0 bridgehead atoms. The monoisotopic (exact) mass is 271 g/mol. The molecule has 18 heavy (non-hydrogen) atoms. The van der Waals surface area contributed by atoms with Crippen molar-refractivity contribution in [1.29, 1.82) is 0 Å². The Morgan fingerprint density at radius 3 is 2.83 bits per heavy atom. The van der Waals surface area contributed by atoms with Crippen molar-refractivity contribution in [3.05, 3.63) is 6.33 Å². The minimum Gasteiger partial charge on any atom is -0.368 e. The zero-order chi connectivity index (χ0) is 13.6. The highest BCUT2D eigenvalue weighted by molar-refractivity contribution is 7.99. The van der Waals surface area contributed by atoms with E-state index in [4.69, 9.17) is 5.73 Å². The van der Waals surface area contributed by atoms with Crippen molar-refractivity contribution in [2.24, 2.45) is 12.8 Å². The van der Waals surface area contributed by atoms with E-state index >= 15 is 0 Å². The Kier molecular flexibility index (Phi) is 5.61. The maximum Gasteiger partial charge on any atom is 0.237 e. The van der Waals surface area contributed by atoms with E-state index < -0.39 is 5.54 Å². The van der Waals surface area contributed by atoms with Gasteiger partial charge in [0.05, 0.1) is 5.54 Å². The van der Waals surface area contributed by atoms with E-state index in [1.165, 1.54) is 0 Å². The lowest BCUT2D eigenvalue weighted by molar-refractivity contribution is -0.123. The molecule has 0 aliphatic rings. The van der Waals surface area contributed by atoms with Gasteiger partial charge in [0.2, 0.25) is 5.91 Å². The summed E-state index contributed by atoms with van der Waals surface area (Å²) in [7, 11) is 3.69. The summed E-state index contributed by atoms with van der Waals surface area (Å²) >= 11 is 1.67. The average molecular weight is 271 g/mol. The van der Waals surface area contributed by atoms with Crippen molar-refractivity contribution in [3.63, 3.8) is 0 Å². The lowest BCUT2D eigenvalue weighted by atomic mass is 9.94. The van der Waals surface area contributed by atoms with Crippen LogP contribution in [0, 0.1) is 0 Å². The van der Waals surface area contributed by atoms with Crippen LogP contribution in [0.1, 0.15) is 26.2 Å². The van der Waals surface area contributed by atoms with Crippen LogP contribution in [0.3, 0.4) is 0 Å². The quantitative estimate of drug-likeness (QED) is 0.532. The number of rotatable bonds is 8. The van der Waals surface area contributed by atoms with Gasteiger partial charge in [-0.3, -0.25) is 4.79 Å². The van der Waals surface area contributed by atoms with E-state index in [1.807, 2.05) is 18.5 Å². The van der Waals surface area contributed by atoms with E-state index in [9.17, 15) is 4.79 Å². The maximum absolute atomic E-state index is 11.3. The molecular formula is C11H21N5OS. The number of nitrogens with zero attached hydrogens (tertiary/aromatic N) is 3. The number of carbonyl (C=O) groups is 1. The Balaban J connectivity index is 2.23. The molecular weight excluding hydrogens is 250 g/mol. The molecule has 1 aromatic rings. The zero-order valence-corrected chi connectivity index (χ0v) is 12.0. The molecule has 0 aromatic carbocycles. The van der Waals surface area contributed by atoms with Crippen LogP contribution in [-0.4, -0.2) is 39.0 Å². The summed E-state index contributed by atoms with van der Waals surface area (Å²) in [6.45, 7) is 1.84. The van der Waals surface area contributed by atoms with E-state index in [0.29, 0.717) is 0 Å². The van der Waals surface area contributed by atoms with Gasteiger partial charge in [-0.2, -0.15) is 0 Å². The molecule has 0 fully saturated rings. The van der Waals surface area contributed by atoms with Crippen molar-refractivity contribution >= 4 is 17.7 Å². The first-order valence-corrected chi connectivity index (χ1v) is 6.94. The summed E-state index contributed by atoms with van der Waals surface area (Å²) < 4.78 is 1.89. The van der Waals surface area contributed by atoms with Crippen molar-refractivity contribution in [3.8, 4) is 0 Å². The van der Waals surface area contributed by atoms with Crippen LogP contribution in [0.25, 0.3) is 0 Å². The van der Waals surface area contributed by atoms with Gasteiger partial charge in [-0.25, -0.2) is 0 Å². The van der Waals surface area contributed by atoms with Crippen molar-refractivity contribution in [2.75, 3.05) is 12.8 Å². The van der Waals surface area contributed by atoms with E-state index in [-0.39, 0.29) is 5.91 Å². The van der Waals surface area contributed by atoms with E-state index in [1.54, 1.807) is 25.1 Å². The highest BCUT2D eigenvalue weighted by Crippen LogP contribution is 2.18. The van der Waals surface area contributed by atoms with Gasteiger partial charge in [-0.1, -0.05) is 18.2 Å². The van der Waals surface area contributed by atoms with Gasteiger partial charge in [0.1, 0.15) is 6.33 Å². The number of aromatic nitrogens is 3. The second-order valence-electron chi connectivity index (χ2n) is 4.48. The lowest BCUT2D eigenvalue weighted by Gasteiger charge is -2.25. The highest BCUT2D eigenvalue weighted by Gasteiger charge is 2.27. The molecule has 0 saturated heterocycles. The second kappa shape index (κ2) is 6.75. The third-order valence-electron chi connectivity index (χ3n) is 3.07. The first-order chi connectivity index (χ1) is 8.49. The fourth-order valence-corrected chi connectivity index (χ4v) is 2.41. The maximum atomic E-state index is 11.3. The molecule has 1 amide bonds. The molecule has 1 unspecified atom stereocenters. The Labute approximate surface area is 112 Å². The third kappa shape index (κ3) is 3.99. The number of nitrogens with two attached hydrogens (primary N) is 1. The first kappa shape index (κ1) is 15.0. The molecule has 102 valence electrons. The van der Waals surface area contributed by atoms with Crippen molar-refractivity contribution in [2.45, 2.75) is 36.9 Å². The molecule has 1 heterocycles. The number of carbonyl (C=O) groups excluding carboxylic acids is 1. The van der Waals surface area contributed by atoms with E-state index in [2.05, 4.69) is 15.5 Å². The van der Waals surface area contributed by atoms with Gasteiger partial charge in [0.15, 0.2) is 5.16 Å². The van der Waals surface area contributed by atoms with Gasteiger partial charge >= 0.3 is 0 Å². The summed E-state index contributed by atoms with van der Waals surface area (Å²) in [4.78, 5) is 11.3. The minimum absolute atomic E-state index is 0.300. The molecule has 0 aliphatic carbocycles. The zero-order valence-electron chi connectivity index (χ0n) is 11.1. The molecule has 1 rings (SSSR count). The molecule has 0 saturated carbocycles. The number of likely N-dealkylation sites (N-methyl/N-ethyl adjacent to an activating group) is 1. The van der Waals surface area contributed by atoms with Crippen LogP contribution in [0.2, 0.25) is 0 Å². The number of aryl methyl sites for hydroxylation is 1.